The van der Waals surface area contributed by atoms with Crippen molar-refractivity contribution in [2.75, 3.05) is 33.3 Å². The molecule has 138 valence electrons. The Morgan fingerprint density at radius 3 is 2.46 bits per heavy atom. The molecular formula is C22H29N3O. The molecule has 1 aromatic heterocycles. The van der Waals surface area contributed by atoms with Crippen LogP contribution in [0.15, 0.2) is 36.7 Å². The number of nitrogens with zero attached hydrogens (tertiary/aromatic N) is 3. The van der Waals surface area contributed by atoms with Crippen LogP contribution >= 0.6 is 0 Å². The molecule has 26 heavy (non-hydrogen) atoms. The van der Waals surface area contributed by atoms with Crippen molar-refractivity contribution in [1.29, 1.82) is 0 Å². The van der Waals surface area contributed by atoms with Gasteiger partial charge in [0.1, 0.15) is 5.75 Å². The summed E-state index contributed by atoms with van der Waals surface area (Å²) in [5, 5.41) is 0. The van der Waals surface area contributed by atoms with Crippen LogP contribution < -0.4 is 4.74 Å². The summed E-state index contributed by atoms with van der Waals surface area (Å²) in [5.74, 6) is 1.07. The van der Waals surface area contributed by atoms with Crippen LogP contribution in [0.25, 0.3) is 0 Å². The number of aromatic nitrogens is 1. The third kappa shape index (κ3) is 4.08. The van der Waals surface area contributed by atoms with Crippen LogP contribution in [-0.4, -0.2) is 48.1 Å². The van der Waals surface area contributed by atoms with E-state index in [4.69, 9.17) is 4.74 Å². The van der Waals surface area contributed by atoms with Crippen molar-refractivity contribution in [3.05, 3.63) is 58.9 Å². The number of fused-ring (bicyclic) bond motifs is 1. The Balaban J connectivity index is 1.39. The molecular weight excluding hydrogens is 322 g/mol. The highest BCUT2D eigenvalue weighted by Crippen LogP contribution is 2.30. The fourth-order valence-electron chi connectivity index (χ4n) is 4.30. The Hall–Kier alpha value is -1.91. The molecule has 0 saturated carbocycles. The fourth-order valence-corrected chi connectivity index (χ4v) is 4.30. The molecule has 1 aliphatic carbocycles. The highest BCUT2D eigenvalue weighted by Gasteiger charge is 2.19. The van der Waals surface area contributed by atoms with Crippen molar-refractivity contribution < 1.29 is 4.74 Å². The van der Waals surface area contributed by atoms with Crippen LogP contribution in [0.3, 0.4) is 0 Å². The van der Waals surface area contributed by atoms with E-state index in [0.717, 1.165) is 45.0 Å². The Labute approximate surface area is 156 Å². The normalized spacial score (nSPS) is 18.5. The molecule has 2 aromatic rings. The van der Waals surface area contributed by atoms with Crippen LogP contribution in [0.5, 0.6) is 5.75 Å². The minimum absolute atomic E-state index is 0.997. The largest absolute Gasteiger partial charge is 0.496 e. The molecule has 1 aromatic carbocycles. The predicted octanol–water partition coefficient (Wildman–Crippen LogP) is 3.29. The van der Waals surface area contributed by atoms with Crippen LogP contribution in [-0.2, 0) is 25.9 Å². The van der Waals surface area contributed by atoms with E-state index in [2.05, 4.69) is 33.0 Å². The molecule has 0 amide bonds. The van der Waals surface area contributed by atoms with Gasteiger partial charge >= 0.3 is 0 Å². The molecule has 4 heteroatoms. The average molecular weight is 351 g/mol. The lowest BCUT2D eigenvalue weighted by Gasteiger charge is -2.23. The van der Waals surface area contributed by atoms with Gasteiger partial charge in [0.2, 0.25) is 0 Å². The van der Waals surface area contributed by atoms with Crippen molar-refractivity contribution in [2.45, 2.75) is 38.8 Å². The summed E-state index contributed by atoms with van der Waals surface area (Å²) < 4.78 is 5.70. The number of rotatable bonds is 5. The molecule has 0 bridgehead atoms. The fraction of sp³-hybridized carbons (Fsp3) is 0.500. The van der Waals surface area contributed by atoms with Gasteiger partial charge in [-0.05, 0) is 67.6 Å². The van der Waals surface area contributed by atoms with Crippen LogP contribution in [0.2, 0.25) is 0 Å². The summed E-state index contributed by atoms with van der Waals surface area (Å²) in [5.41, 5.74) is 5.69. The lowest BCUT2D eigenvalue weighted by molar-refractivity contribution is 0.245. The lowest BCUT2D eigenvalue weighted by atomic mass is 10.0. The first-order chi connectivity index (χ1) is 12.8. The molecule has 0 spiro atoms. The van der Waals surface area contributed by atoms with Crippen molar-refractivity contribution in [3.8, 4) is 5.75 Å². The van der Waals surface area contributed by atoms with Gasteiger partial charge in [-0.1, -0.05) is 12.1 Å². The van der Waals surface area contributed by atoms with E-state index >= 15 is 0 Å². The lowest BCUT2D eigenvalue weighted by Crippen LogP contribution is -2.30. The Morgan fingerprint density at radius 1 is 0.962 bits per heavy atom. The number of methoxy groups -OCH3 is 1. The van der Waals surface area contributed by atoms with Gasteiger partial charge in [-0.3, -0.25) is 14.8 Å². The first-order valence-corrected chi connectivity index (χ1v) is 9.84. The van der Waals surface area contributed by atoms with E-state index in [-0.39, 0.29) is 0 Å². The minimum Gasteiger partial charge on any atom is -0.496 e. The van der Waals surface area contributed by atoms with Gasteiger partial charge in [0.05, 0.1) is 7.11 Å². The molecule has 2 heterocycles. The maximum atomic E-state index is 5.70. The van der Waals surface area contributed by atoms with Crippen LogP contribution in [0.1, 0.15) is 35.1 Å². The number of hydrogen-bond donors (Lipinski definition) is 0. The summed E-state index contributed by atoms with van der Waals surface area (Å²) in [6, 6.07) is 8.88. The smallest absolute Gasteiger partial charge is 0.123 e. The highest BCUT2D eigenvalue weighted by molar-refractivity contribution is 5.44. The third-order valence-corrected chi connectivity index (χ3v) is 5.70. The van der Waals surface area contributed by atoms with E-state index in [1.54, 1.807) is 7.11 Å². The van der Waals surface area contributed by atoms with Crippen molar-refractivity contribution >= 4 is 0 Å². The predicted molar refractivity (Wildman–Crippen MR) is 104 cm³/mol. The quantitative estimate of drug-likeness (QED) is 0.826. The zero-order valence-corrected chi connectivity index (χ0v) is 15.8. The SMILES string of the molecule is COc1cc2c(cc1CN1CCCN(Cc3cccnc3)CC1)CCC2. The van der Waals surface area contributed by atoms with E-state index in [1.807, 2.05) is 18.5 Å². The second-order valence-corrected chi connectivity index (χ2v) is 7.55. The number of ether oxygens (including phenoxy) is 1. The molecule has 0 N–H and O–H groups in total. The first-order valence-electron chi connectivity index (χ1n) is 9.84. The van der Waals surface area contributed by atoms with Gasteiger partial charge in [0.25, 0.3) is 0 Å². The Bertz CT molecular complexity index is 732. The Morgan fingerprint density at radius 2 is 1.73 bits per heavy atom. The molecule has 1 saturated heterocycles. The standard InChI is InChI=1S/C22H29N3O/c1-26-22-14-20-7-2-6-19(20)13-21(22)17-25-10-4-9-24(11-12-25)16-18-5-3-8-23-15-18/h3,5,8,13-15H,2,4,6-7,9-12,16-17H2,1H3. The van der Waals surface area contributed by atoms with Crippen molar-refractivity contribution in [1.82, 2.24) is 14.8 Å². The number of benzene rings is 1. The second-order valence-electron chi connectivity index (χ2n) is 7.55. The van der Waals surface area contributed by atoms with E-state index < -0.39 is 0 Å². The van der Waals surface area contributed by atoms with Gasteiger partial charge in [-0.2, -0.15) is 0 Å². The summed E-state index contributed by atoms with van der Waals surface area (Å²) in [6.07, 6.45) is 8.77. The first kappa shape index (κ1) is 17.5. The zero-order chi connectivity index (χ0) is 17.8. The molecule has 4 rings (SSSR count). The van der Waals surface area contributed by atoms with Gasteiger partial charge in [0.15, 0.2) is 0 Å². The summed E-state index contributed by atoms with van der Waals surface area (Å²) >= 11 is 0. The van der Waals surface area contributed by atoms with Crippen LogP contribution in [0.4, 0.5) is 0 Å². The zero-order valence-electron chi connectivity index (χ0n) is 15.8. The molecule has 2 aliphatic rings. The topological polar surface area (TPSA) is 28.6 Å². The maximum Gasteiger partial charge on any atom is 0.123 e. The molecule has 0 radical (unpaired) electrons. The maximum absolute atomic E-state index is 5.70. The highest BCUT2D eigenvalue weighted by atomic mass is 16.5. The van der Waals surface area contributed by atoms with Gasteiger partial charge in [-0.25, -0.2) is 0 Å². The van der Waals surface area contributed by atoms with E-state index in [0.29, 0.717) is 0 Å². The Kier molecular flexibility index (Phi) is 5.51. The summed E-state index contributed by atoms with van der Waals surface area (Å²) in [6.45, 7) is 6.54. The van der Waals surface area contributed by atoms with Gasteiger partial charge in [-0.15, -0.1) is 0 Å². The van der Waals surface area contributed by atoms with Crippen molar-refractivity contribution in [2.24, 2.45) is 0 Å². The molecule has 0 atom stereocenters. The molecule has 1 fully saturated rings. The van der Waals surface area contributed by atoms with E-state index in [9.17, 15) is 0 Å². The second kappa shape index (κ2) is 8.19. The minimum atomic E-state index is 0.997. The third-order valence-electron chi connectivity index (χ3n) is 5.70. The molecule has 4 nitrogen and oxygen atoms in total. The van der Waals surface area contributed by atoms with Gasteiger partial charge < -0.3 is 4.74 Å². The average Bonchev–Trinajstić information content (AvgIpc) is 3.01. The van der Waals surface area contributed by atoms with Gasteiger partial charge in [0, 0.05) is 44.1 Å². The summed E-state index contributed by atoms with van der Waals surface area (Å²) in [7, 11) is 1.80. The summed E-state index contributed by atoms with van der Waals surface area (Å²) in [4.78, 5) is 9.38. The number of aryl methyl sites for hydroxylation is 2. The molecule has 1 aliphatic heterocycles. The van der Waals surface area contributed by atoms with Crippen molar-refractivity contribution in [3.63, 3.8) is 0 Å². The monoisotopic (exact) mass is 351 g/mol. The number of hydrogen-bond acceptors (Lipinski definition) is 4. The van der Waals surface area contributed by atoms with E-state index in [1.165, 1.54) is 47.9 Å². The molecule has 0 unspecified atom stereocenters. The van der Waals surface area contributed by atoms with Crippen LogP contribution in [0, 0.1) is 0 Å². The number of pyridine rings is 1.